The number of hydrogen-bond donors (Lipinski definition) is 1. The summed E-state index contributed by atoms with van der Waals surface area (Å²) in [5.41, 5.74) is 1.23. The third-order valence-electron chi connectivity index (χ3n) is 4.26. The summed E-state index contributed by atoms with van der Waals surface area (Å²) in [6, 6.07) is 0. The first-order chi connectivity index (χ1) is 11.2. The number of aryl methyl sites for hydroxylation is 2. The molecule has 1 aliphatic rings. The molecule has 0 aromatic carbocycles. The van der Waals surface area contributed by atoms with Crippen LogP contribution < -0.4 is 4.74 Å². The van der Waals surface area contributed by atoms with Crippen LogP contribution in [0.2, 0.25) is 0 Å². The number of aliphatic hydroxyl groups is 1. The molecular weight excluding hydrogens is 294 g/mol. The standard InChI is InChI=1S/C16H25N5O2/c1-3-20-9-13(7-17-20)5-6-19-11-15(22)16(12-19)23-14-8-18-21(4-2)10-14/h7-10,15-16,22H,3-6,11-12H2,1-2H3/t15-,16-/m1/s1. The summed E-state index contributed by atoms with van der Waals surface area (Å²) in [5.74, 6) is 0.724. The van der Waals surface area contributed by atoms with E-state index in [1.165, 1.54) is 5.56 Å². The van der Waals surface area contributed by atoms with Gasteiger partial charge in [-0.15, -0.1) is 0 Å². The van der Waals surface area contributed by atoms with Crippen LogP contribution in [0, 0.1) is 0 Å². The maximum Gasteiger partial charge on any atom is 0.157 e. The van der Waals surface area contributed by atoms with Gasteiger partial charge >= 0.3 is 0 Å². The van der Waals surface area contributed by atoms with Crippen molar-refractivity contribution in [2.75, 3.05) is 19.6 Å². The van der Waals surface area contributed by atoms with Crippen molar-refractivity contribution in [3.05, 3.63) is 30.4 Å². The number of aromatic nitrogens is 4. The first kappa shape index (κ1) is 16.0. The molecule has 1 fully saturated rings. The summed E-state index contributed by atoms with van der Waals surface area (Å²) in [6.07, 6.45) is 7.86. The molecule has 126 valence electrons. The highest BCUT2D eigenvalue weighted by Crippen LogP contribution is 2.18. The highest BCUT2D eigenvalue weighted by Gasteiger charge is 2.33. The molecule has 0 spiro atoms. The SMILES string of the molecule is CCn1cc(CCN2C[C@@H](O)[C@H](Oc3cnn(CC)c3)C2)cn1. The zero-order chi connectivity index (χ0) is 16.2. The number of ether oxygens (including phenoxy) is 1. The number of rotatable bonds is 7. The average Bonchev–Trinajstić information content (AvgIpc) is 3.26. The third kappa shape index (κ3) is 3.92. The molecule has 3 heterocycles. The molecule has 0 saturated carbocycles. The lowest BCUT2D eigenvalue weighted by atomic mass is 10.2. The van der Waals surface area contributed by atoms with Crippen molar-refractivity contribution in [3.8, 4) is 5.75 Å². The molecule has 0 radical (unpaired) electrons. The molecule has 1 N–H and O–H groups in total. The third-order valence-corrected chi connectivity index (χ3v) is 4.26. The Bertz CT molecular complexity index is 624. The maximum absolute atomic E-state index is 10.2. The van der Waals surface area contributed by atoms with E-state index in [1.54, 1.807) is 6.20 Å². The van der Waals surface area contributed by atoms with E-state index in [0.29, 0.717) is 6.54 Å². The topological polar surface area (TPSA) is 68.3 Å². The molecule has 1 saturated heterocycles. The van der Waals surface area contributed by atoms with Crippen molar-refractivity contribution in [1.29, 1.82) is 0 Å². The van der Waals surface area contributed by atoms with Gasteiger partial charge in [0.1, 0.15) is 12.2 Å². The van der Waals surface area contributed by atoms with Crippen molar-refractivity contribution in [1.82, 2.24) is 24.5 Å². The second-order valence-electron chi connectivity index (χ2n) is 5.97. The molecule has 0 unspecified atom stereocenters. The Morgan fingerprint density at radius 3 is 2.57 bits per heavy atom. The molecule has 3 rings (SSSR count). The van der Waals surface area contributed by atoms with Crippen molar-refractivity contribution < 1.29 is 9.84 Å². The number of nitrogens with zero attached hydrogens (tertiary/aromatic N) is 5. The van der Waals surface area contributed by atoms with E-state index in [0.717, 1.165) is 38.3 Å². The highest BCUT2D eigenvalue weighted by molar-refractivity contribution is 5.13. The average molecular weight is 319 g/mol. The lowest BCUT2D eigenvalue weighted by Gasteiger charge is -2.15. The van der Waals surface area contributed by atoms with Gasteiger partial charge in [-0.2, -0.15) is 10.2 Å². The van der Waals surface area contributed by atoms with E-state index in [-0.39, 0.29) is 6.10 Å². The molecule has 0 bridgehead atoms. The van der Waals surface area contributed by atoms with E-state index in [2.05, 4.69) is 28.2 Å². The van der Waals surface area contributed by atoms with E-state index < -0.39 is 6.10 Å². The van der Waals surface area contributed by atoms with Gasteiger partial charge in [0.25, 0.3) is 0 Å². The van der Waals surface area contributed by atoms with Crippen LogP contribution in [0.5, 0.6) is 5.75 Å². The molecule has 2 atom stereocenters. The second-order valence-corrected chi connectivity index (χ2v) is 5.97. The minimum absolute atomic E-state index is 0.192. The predicted octanol–water partition coefficient (Wildman–Crippen LogP) is 0.786. The number of hydrogen-bond acceptors (Lipinski definition) is 5. The van der Waals surface area contributed by atoms with E-state index in [1.807, 2.05) is 28.7 Å². The summed E-state index contributed by atoms with van der Waals surface area (Å²) in [7, 11) is 0. The minimum Gasteiger partial charge on any atom is -0.483 e. The predicted molar refractivity (Wildman–Crippen MR) is 86.4 cm³/mol. The Balaban J connectivity index is 1.49. The fraction of sp³-hybridized carbons (Fsp3) is 0.625. The van der Waals surface area contributed by atoms with E-state index >= 15 is 0 Å². The smallest absolute Gasteiger partial charge is 0.157 e. The van der Waals surface area contributed by atoms with Crippen LogP contribution in [0.25, 0.3) is 0 Å². The molecule has 23 heavy (non-hydrogen) atoms. The van der Waals surface area contributed by atoms with Gasteiger partial charge in [-0.05, 0) is 25.8 Å². The van der Waals surface area contributed by atoms with Crippen molar-refractivity contribution >= 4 is 0 Å². The van der Waals surface area contributed by atoms with Crippen LogP contribution in [0.15, 0.2) is 24.8 Å². The van der Waals surface area contributed by atoms with Crippen molar-refractivity contribution in [2.24, 2.45) is 0 Å². The Labute approximate surface area is 136 Å². The summed E-state index contributed by atoms with van der Waals surface area (Å²) >= 11 is 0. The first-order valence-electron chi connectivity index (χ1n) is 8.28. The van der Waals surface area contributed by atoms with Gasteiger partial charge in [0.05, 0.1) is 18.6 Å². The lowest BCUT2D eigenvalue weighted by Crippen LogP contribution is -2.30. The normalized spacial score (nSPS) is 21.9. The summed E-state index contributed by atoms with van der Waals surface area (Å²) in [6.45, 7) is 8.10. The van der Waals surface area contributed by atoms with E-state index in [9.17, 15) is 5.11 Å². The molecule has 0 amide bonds. The first-order valence-corrected chi connectivity index (χ1v) is 8.28. The fourth-order valence-electron chi connectivity index (χ4n) is 2.88. The van der Waals surface area contributed by atoms with Crippen LogP contribution in [-0.4, -0.2) is 61.4 Å². The monoisotopic (exact) mass is 319 g/mol. The van der Waals surface area contributed by atoms with E-state index in [4.69, 9.17) is 4.74 Å². The van der Waals surface area contributed by atoms with Gasteiger partial charge in [-0.1, -0.05) is 0 Å². The quantitative estimate of drug-likeness (QED) is 0.817. The van der Waals surface area contributed by atoms with Gasteiger partial charge in [0.15, 0.2) is 5.75 Å². The van der Waals surface area contributed by atoms with Crippen LogP contribution in [-0.2, 0) is 19.5 Å². The Hall–Kier alpha value is -1.86. The van der Waals surface area contributed by atoms with Gasteiger partial charge in [-0.25, -0.2) is 0 Å². The van der Waals surface area contributed by atoms with Crippen LogP contribution in [0.4, 0.5) is 0 Å². The van der Waals surface area contributed by atoms with Gasteiger partial charge in [0, 0.05) is 38.9 Å². The number of β-amino-alcohol motifs (C(OH)–C–C–N with tert-alkyl or cyclic N) is 1. The molecule has 0 aliphatic carbocycles. The fourth-order valence-corrected chi connectivity index (χ4v) is 2.88. The molecule has 2 aromatic heterocycles. The molecule has 7 heteroatoms. The Morgan fingerprint density at radius 1 is 1.13 bits per heavy atom. The van der Waals surface area contributed by atoms with Gasteiger partial charge in [0.2, 0.25) is 0 Å². The molecule has 7 nitrogen and oxygen atoms in total. The second kappa shape index (κ2) is 7.14. The van der Waals surface area contributed by atoms with Gasteiger partial charge in [-0.3, -0.25) is 14.3 Å². The molecular formula is C16H25N5O2. The number of aliphatic hydroxyl groups excluding tert-OH is 1. The summed E-state index contributed by atoms with van der Waals surface area (Å²) < 4.78 is 9.64. The van der Waals surface area contributed by atoms with Crippen molar-refractivity contribution in [3.63, 3.8) is 0 Å². The molecule has 2 aromatic rings. The largest absolute Gasteiger partial charge is 0.483 e. The maximum atomic E-state index is 10.2. The summed E-state index contributed by atoms with van der Waals surface area (Å²) in [4.78, 5) is 2.24. The van der Waals surface area contributed by atoms with Crippen LogP contribution in [0.1, 0.15) is 19.4 Å². The Morgan fingerprint density at radius 2 is 1.87 bits per heavy atom. The van der Waals surface area contributed by atoms with Crippen molar-refractivity contribution in [2.45, 2.75) is 45.6 Å². The molecule has 1 aliphatic heterocycles. The zero-order valence-electron chi connectivity index (χ0n) is 13.8. The lowest BCUT2D eigenvalue weighted by molar-refractivity contribution is 0.0736. The van der Waals surface area contributed by atoms with Gasteiger partial charge < -0.3 is 9.84 Å². The number of likely N-dealkylation sites (tertiary alicyclic amines) is 1. The highest BCUT2D eigenvalue weighted by atomic mass is 16.5. The Kier molecular flexibility index (Phi) is 4.97. The van der Waals surface area contributed by atoms with Crippen LogP contribution in [0.3, 0.4) is 0 Å². The zero-order valence-corrected chi connectivity index (χ0v) is 13.8. The minimum atomic E-state index is -0.460. The van der Waals surface area contributed by atoms with Crippen LogP contribution >= 0.6 is 0 Å². The summed E-state index contributed by atoms with van der Waals surface area (Å²) in [5, 5.41) is 18.7.